The average molecular weight is 469 g/mol. The topological polar surface area (TPSA) is 75.7 Å². The highest BCUT2D eigenvalue weighted by molar-refractivity contribution is 7.92. The van der Waals surface area contributed by atoms with Crippen molar-refractivity contribution in [3.63, 3.8) is 0 Å². The largest absolute Gasteiger partial charge is 0.497 e. The Morgan fingerprint density at radius 3 is 2.33 bits per heavy atom. The Morgan fingerprint density at radius 1 is 1.06 bits per heavy atom. The molecule has 172 valence electrons. The van der Waals surface area contributed by atoms with Crippen molar-refractivity contribution in [3.05, 3.63) is 89.2 Å². The van der Waals surface area contributed by atoms with E-state index < -0.39 is 15.8 Å². The number of nitrogens with one attached hydrogen (secondary N) is 1. The number of methoxy groups -OCH3 is 1. The number of hydrogen-bond donors (Lipinski definition) is 1. The fourth-order valence-corrected chi connectivity index (χ4v) is 4.65. The SMILES string of the molecule is COc1ccc(CN(C(=O)c2cc(S(=O)(=O)Nc3ccc(F)cc3)ccc2C)C2CC2)cc1. The summed E-state index contributed by atoms with van der Waals surface area (Å²) >= 11 is 0. The summed E-state index contributed by atoms with van der Waals surface area (Å²) in [6, 6.07) is 17.2. The number of halogens is 1. The van der Waals surface area contributed by atoms with Gasteiger partial charge in [0.05, 0.1) is 12.0 Å². The smallest absolute Gasteiger partial charge is 0.261 e. The summed E-state index contributed by atoms with van der Waals surface area (Å²) in [5.41, 5.74) is 2.25. The maximum atomic E-state index is 13.5. The van der Waals surface area contributed by atoms with E-state index in [0.29, 0.717) is 17.7 Å². The van der Waals surface area contributed by atoms with E-state index >= 15 is 0 Å². The molecule has 1 saturated carbocycles. The zero-order valence-electron chi connectivity index (χ0n) is 18.4. The van der Waals surface area contributed by atoms with Crippen molar-refractivity contribution in [2.45, 2.75) is 37.2 Å². The number of benzene rings is 3. The van der Waals surface area contributed by atoms with E-state index in [1.54, 1.807) is 25.0 Å². The van der Waals surface area contributed by atoms with Crippen LogP contribution in [0.3, 0.4) is 0 Å². The average Bonchev–Trinajstić information content (AvgIpc) is 3.64. The minimum atomic E-state index is -3.95. The number of aryl methyl sites for hydroxylation is 1. The summed E-state index contributed by atoms with van der Waals surface area (Å²) in [5.74, 6) is 0.0771. The summed E-state index contributed by atoms with van der Waals surface area (Å²) in [4.78, 5) is 15.3. The maximum Gasteiger partial charge on any atom is 0.261 e. The zero-order valence-corrected chi connectivity index (χ0v) is 19.2. The van der Waals surface area contributed by atoms with E-state index in [0.717, 1.165) is 24.2 Å². The molecular formula is C25H25FN2O4S. The Bertz CT molecular complexity index is 1250. The van der Waals surface area contributed by atoms with Gasteiger partial charge in [0.15, 0.2) is 0 Å². The van der Waals surface area contributed by atoms with Gasteiger partial charge in [0.25, 0.3) is 15.9 Å². The Hall–Kier alpha value is -3.39. The molecule has 0 heterocycles. The van der Waals surface area contributed by atoms with Crippen LogP contribution >= 0.6 is 0 Å². The number of ether oxygens (including phenoxy) is 1. The Kier molecular flexibility index (Phi) is 6.37. The molecule has 0 spiro atoms. The molecule has 0 aliphatic heterocycles. The van der Waals surface area contributed by atoms with Gasteiger partial charge in [0, 0.05) is 23.8 Å². The minimum absolute atomic E-state index is 0.0269. The van der Waals surface area contributed by atoms with Crippen molar-refractivity contribution in [3.8, 4) is 5.75 Å². The molecule has 6 nitrogen and oxygen atoms in total. The van der Waals surface area contributed by atoms with Gasteiger partial charge in [0.1, 0.15) is 11.6 Å². The van der Waals surface area contributed by atoms with Gasteiger partial charge in [0.2, 0.25) is 0 Å². The number of sulfonamides is 1. The molecule has 8 heteroatoms. The van der Waals surface area contributed by atoms with Crippen LogP contribution in [0.4, 0.5) is 10.1 Å². The van der Waals surface area contributed by atoms with E-state index in [1.807, 2.05) is 24.3 Å². The predicted octanol–water partition coefficient (Wildman–Crippen LogP) is 4.75. The summed E-state index contributed by atoms with van der Waals surface area (Å²) in [6.45, 7) is 2.22. The van der Waals surface area contributed by atoms with Crippen molar-refractivity contribution < 1.29 is 22.3 Å². The van der Waals surface area contributed by atoms with Gasteiger partial charge in [-0.25, -0.2) is 12.8 Å². The van der Waals surface area contributed by atoms with Crippen LogP contribution in [0.2, 0.25) is 0 Å². The Morgan fingerprint density at radius 2 is 1.73 bits per heavy atom. The molecule has 0 unspecified atom stereocenters. The zero-order chi connectivity index (χ0) is 23.6. The molecule has 33 heavy (non-hydrogen) atoms. The number of hydrogen-bond acceptors (Lipinski definition) is 4. The van der Waals surface area contributed by atoms with Gasteiger partial charge in [-0.1, -0.05) is 18.2 Å². The predicted molar refractivity (Wildman–Crippen MR) is 124 cm³/mol. The fraction of sp³-hybridized carbons (Fsp3) is 0.240. The lowest BCUT2D eigenvalue weighted by molar-refractivity contribution is 0.0729. The summed E-state index contributed by atoms with van der Waals surface area (Å²) in [6.07, 6.45) is 1.84. The number of nitrogens with zero attached hydrogens (tertiary/aromatic N) is 1. The molecule has 1 N–H and O–H groups in total. The van der Waals surface area contributed by atoms with Gasteiger partial charge >= 0.3 is 0 Å². The summed E-state index contributed by atoms with van der Waals surface area (Å²) in [7, 11) is -2.35. The molecule has 1 amide bonds. The first-order valence-electron chi connectivity index (χ1n) is 10.6. The van der Waals surface area contributed by atoms with Gasteiger partial charge in [-0.05, 0) is 79.4 Å². The molecule has 0 bridgehead atoms. The van der Waals surface area contributed by atoms with E-state index in [-0.39, 0.29) is 22.5 Å². The lowest BCUT2D eigenvalue weighted by Crippen LogP contribution is -2.33. The fourth-order valence-electron chi connectivity index (χ4n) is 3.57. The maximum absolute atomic E-state index is 13.5. The molecule has 4 rings (SSSR count). The van der Waals surface area contributed by atoms with Gasteiger partial charge in [-0.2, -0.15) is 0 Å². The third-order valence-electron chi connectivity index (χ3n) is 5.61. The van der Waals surface area contributed by atoms with Crippen LogP contribution < -0.4 is 9.46 Å². The van der Waals surface area contributed by atoms with Crippen molar-refractivity contribution >= 4 is 21.6 Å². The highest BCUT2D eigenvalue weighted by Crippen LogP contribution is 2.31. The molecular weight excluding hydrogens is 443 g/mol. The molecule has 3 aromatic rings. The van der Waals surface area contributed by atoms with Gasteiger partial charge in [-0.3, -0.25) is 9.52 Å². The van der Waals surface area contributed by atoms with Crippen molar-refractivity contribution in [2.75, 3.05) is 11.8 Å². The standard InChI is InChI=1S/C25H25FN2O4S/c1-17-3-14-23(33(30,31)27-20-8-6-19(26)7-9-20)15-24(17)25(29)28(21-10-11-21)16-18-4-12-22(32-2)13-5-18/h3-9,12-15,21,27H,10-11,16H2,1-2H3. The third kappa shape index (κ3) is 5.34. The van der Waals surface area contributed by atoms with Crippen molar-refractivity contribution in [1.29, 1.82) is 0 Å². The highest BCUT2D eigenvalue weighted by atomic mass is 32.2. The third-order valence-corrected chi connectivity index (χ3v) is 6.99. The number of anilines is 1. The second kappa shape index (κ2) is 9.23. The first-order valence-corrected chi connectivity index (χ1v) is 12.1. The lowest BCUT2D eigenvalue weighted by Gasteiger charge is -2.24. The Balaban J connectivity index is 1.59. The molecule has 0 radical (unpaired) electrons. The Labute approximate surface area is 193 Å². The lowest BCUT2D eigenvalue weighted by atomic mass is 10.1. The second-order valence-electron chi connectivity index (χ2n) is 8.10. The van der Waals surface area contributed by atoms with E-state index in [9.17, 15) is 17.6 Å². The van der Waals surface area contributed by atoms with Crippen LogP contribution in [0.1, 0.15) is 34.3 Å². The first kappa shape index (κ1) is 22.8. The quantitative estimate of drug-likeness (QED) is 0.518. The van der Waals surface area contributed by atoms with Crippen LogP contribution in [0.15, 0.2) is 71.6 Å². The molecule has 0 aromatic heterocycles. The highest BCUT2D eigenvalue weighted by Gasteiger charge is 2.34. The van der Waals surface area contributed by atoms with Crippen LogP contribution in [-0.4, -0.2) is 32.4 Å². The second-order valence-corrected chi connectivity index (χ2v) is 9.78. The van der Waals surface area contributed by atoms with Crippen LogP contribution in [0, 0.1) is 12.7 Å². The first-order chi connectivity index (χ1) is 15.8. The number of rotatable bonds is 8. The van der Waals surface area contributed by atoms with Crippen LogP contribution in [-0.2, 0) is 16.6 Å². The number of carbonyl (C=O) groups excluding carboxylic acids is 1. The summed E-state index contributed by atoms with van der Waals surface area (Å²) < 4.78 is 46.6. The molecule has 0 atom stereocenters. The minimum Gasteiger partial charge on any atom is -0.497 e. The normalized spacial score (nSPS) is 13.4. The van der Waals surface area contributed by atoms with Crippen LogP contribution in [0.25, 0.3) is 0 Å². The van der Waals surface area contributed by atoms with E-state index in [2.05, 4.69) is 4.72 Å². The van der Waals surface area contributed by atoms with E-state index in [4.69, 9.17) is 4.74 Å². The van der Waals surface area contributed by atoms with E-state index in [1.165, 1.54) is 36.4 Å². The number of carbonyl (C=O) groups is 1. The molecule has 3 aromatic carbocycles. The summed E-state index contributed by atoms with van der Waals surface area (Å²) in [5, 5.41) is 0. The monoisotopic (exact) mass is 468 g/mol. The van der Waals surface area contributed by atoms with Crippen LogP contribution in [0.5, 0.6) is 5.75 Å². The van der Waals surface area contributed by atoms with Crippen molar-refractivity contribution in [2.24, 2.45) is 0 Å². The molecule has 1 aliphatic rings. The van der Waals surface area contributed by atoms with Gasteiger partial charge in [-0.15, -0.1) is 0 Å². The molecule has 0 saturated heterocycles. The molecule has 1 fully saturated rings. The van der Waals surface area contributed by atoms with Gasteiger partial charge < -0.3 is 9.64 Å². The number of amides is 1. The van der Waals surface area contributed by atoms with Crippen molar-refractivity contribution in [1.82, 2.24) is 4.90 Å². The molecule has 1 aliphatic carbocycles.